The lowest BCUT2D eigenvalue weighted by atomic mass is 10.1. The van der Waals surface area contributed by atoms with Gasteiger partial charge in [-0.3, -0.25) is 0 Å². The highest BCUT2D eigenvalue weighted by atomic mass is 19.1. The zero-order valence-corrected chi connectivity index (χ0v) is 15.0. The maximum Gasteiger partial charge on any atom is 0.340 e. The summed E-state index contributed by atoms with van der Waals surface area (Å²) in [5.41, 5.74) is 0.914. The Morgan fingerprint density at radius 1 is 1.07 bits per heavy atom. The van der Waals surface area contributed by atoms with E-state index in [-0.39, 0.29) is 29.5 Å². The molecular weight excluding hydrogens is 355 g/mol. The standard InChI is InChI=1S/C19H17FN2O5/c1-24-10-27-14-9-5-8-13-17(14)22-16(18(21-13)25-2)11-6-4-7-12(15(11)20)19(23)26-3/h4-9H,10H2,1-3H3. The number of carbonyl (C=O) groups excluding carboxylic acids is 1. The second-order valence-corrected chi connectivity index (χ2v) is 5.41. The third-order valence-corrected chi connectivity index (χ3v) is 3.81. The molecule has 0 aliphatic heterocycles. The van der Waals surface area contributed by atoms with Gasteiger partial charge in [0.2, 0.25) is 5.88 Å². The largest absolute Gasteiger partial charge is 0.479 e. The van der Waals surface area contributed by atoms with Crippen LogP contribution in [-0.4, -0.2) is 44.1 Å². The van der Waals surface area contributed by atoms with Gasteiger partial charge in [-0.1, -0.05) is 12.1 Å². The smallest absolute Gasteiger partial charge is 0.340 e. The van der Waals surface area contributed by atoms with E-state index in [1.165, 1.54) is 39.5 Å². The number of nitrogens with zero attached hydrogens (tertiary/aromatic N) is 2. The summed E-state index contributed by atoms with van der Waals surface area (Å²) in [5, 5.41) is 0. The molecule has 0 aliphatic rings. The Morgan fingerprint density at radius 2 is 1.85 bits per heavy atom. The molecule has 3 aromatic rings. The van der Waals surface area contributed by atoms with Crippen molar-refractivity contribution in [1.82, 2.24) is 9.97 Å². The molecule has 0 spiro atoms. The summed E-state index contributed by atoms with van der Waals surface area (Å²) >= 11 is 0. The summed E-state index contributed by atoms with van der Waals surface area (Å²) in [7, 11) is 4.09. The van der Waals surface area contributed by atoms with E-state index in [9.17, 15) is 9.18 Å². The molecule has 1 aromatic heterocycles. The molecule has 0 radical (unpaired) electrons. The summed E-state index contributed by atoms with van der Waals surface area (Å²) in [4.78, 5) is 20.7. The van der Waals surface area contributed by atoms with Crippen LogP contribution in [0.1, 0.15) is 10.4 Å². The number of hydrogen-bond donors (Lipinski definition) is 0. The molecule has 27 heavy (non-hydrogen) atoms. The number of hydrogen-bond acceptors (Lipinski definition) is 7. The highest BCUT2D eigenvalue weighted by Gasteiger charge is 2.21. The number of halogens is 1. The van der Waals surface area contributed by atoms with Gasteiger partial charge in [0.15, 0.2) is 6.79 Å². The number of rotatable bonds is 6. The molecular formula is C19H17FN2O5. The fourth-order valence-corrected chi connectivity index (χ4v) is 2.57. The van der Waals surface area contributed by atoms with Gasteiger partial charge in [-0.2, -0.15) is 0 Å². The molecule has 0 N–H and O–H groups in total. The van der Waals surface area contributed by atoms with Crippen LogP contribution < -0.4 is 9.47 Å². The molecule has 0 saturated carbocycles. The molecule has 8 heteroatoms. The van der Waals surface area contributed by atoms with Crippen molar-refractivity contribution in [2.75, 3.05) is 28.1 Å². The fourth-order valence-electron chi connectivity index (χ4n) is 2.57. The van der Waals surface area contributed by atoms with E-state index in [0.717, 1.165) is 0 Å². The van der Waals surface area contributed by atoms with Crippen molar-refractivity contribution in [2.24, 2.45) is 0 Å². The Labute approximate surface area is 154 Å². The SMILES string of the molecule is COCOc1cccc2nc(OC)c(-c3cccc(C(=O)OC)c3F)nc12. The van der Waals surface area contributed by atoms with Crippen molar-refractivity contribution in [3.8, 4) is 22.9 Å². The van der Waals surface area contributed by atoms with Crippen LogP contribution in [0, 0.1) is 5.82 Å². The van der Waals surface area contributed by atoms with Crippen molar-refractivity contribution < 1.29 is 28.1 Å². The minimum atomic E-state index is -0.786. The second-order valence-electron chi connectivity index (χ2n) is 5.41. The molecule has 0 unspecified atom stereocenters. The molecule has 140 valence electrons. The average Bonchev–Trinajstić information content (AvgIpc) is 2.70. The lowest BCUT2D eigenvalue weighted by Crippen LogP contribution is -2.07. The number of aromatic nitrogens is 2. The summed E-state index contributed by atoms with van der Waals surface area (Å²) in [6, 6.07) is 9.53. The molecule has 2 aromatic carbocycles. The third-order valence-electron chi connectivity index (χ3n) is 3.81. The molecule has 3 rings (SSSR count). The third kappa shape index (κ3) is 3.52. The summed E-state index contributed by atoms with van der Waals surface area (Å²) < 4.78 is 35.3. The Morgan fingerprint density at radius 3 is 2.56 bits per heavy atom. The van der Waals surface area contributed by atoms with Gasteiger partial charge in [-0.25, -0.2) is 19.2 Å². The van der Waals surface area contributed by atoms with E-state index >= 15 is 0 Å². The van der Waals surface area contributed by atoms with Crippen molar-refractivity contribution in [2.45, 2.75) is 0 Å². The van der Waals surface area contributed by atoms with E-state index in [0.29, 0.717) is 16.8 Å². The van der Waals surface area contributed by atoms with Crippen LogP contribution in [-0.2, 0) is 9.47 Å². The van der Waals surface area contributed by atoms with E-state index in [1.54, 1.807) is 18.2 Å². The highest BCUT2D eigenvalue weighted by Crippen LogP contribution is 2.34. The zero-order chi connectivity index (χ0) is 19.4. The minimum absolute atomic E-state index is 0.0222. The van der Waals surface area contributed by atoms with Crippen LogP contribution in [0.4, 0.5) is 4.39 Å². The molecule has 0 aliphatic carbocycles. The first-order valence-corrected chi connectivity index (χ1v) is 7.94. The van der Waals surface area contributed by atoms with E-state index < -0.39 is 11.8 Å². The summed E-state index contributed by atoms with van der Waals surface area (Å²) in [6.45, 7) is 0.0222. The van der Waals surface area contributed by atoms with Gasteiger partial charge in [-0.05, 0) is 24.3 Å². The molecule has 7 nitrogen and oxygen atoms in total. The van der Waals surface area contributed by atoms with Gasteiger partial charge >= 0.3 is 5.97 Å². The van der Waals surface area contributed by atoms with Gasteiger partial charge in [-0.15, -0.1) is 0 Å². The highest BCUT2D eigenvalue weighted by molar-refractivity contribution is 5.92. The Hall–Kier alpha value is -3.26. The van der Waals surface area contributed by atoms with Gasteiger partial charge in [0.1, 0.15) is 22.8 Å². The van der Waals surface area contributed by atoms with Gasteiger partial charge in [0.05, 0.1) is 25.3 Å². The molecule has 0 bridgehead atoms. The number of esters is 1. The van der Waals surface area contributed by atoms with Crippen molar-refractivity contribution in [3.63, 3.8) is 0 Å². The minimum Gasteiger partial charge on any atom is -0.479 e. The summed E-state index contributed by atoms with van der Waals surface area (Å²) in [6.07, 6.45) is 0. The van der Waals surface area contributed by atoms with Gasteiger partial charge in [0.25, 0.3) is 0 Å². The number of para-hydroxylation sites is 1. The van der Waals surface area contributed by atoms with Gasteiger partial charge in [0, 0.05) is 12.7 Å². The molecule has 1 heterocycles. The Bertz CT molecular complexity index is 993. The number of benzene rings is 2. The fraction of sp³-hybridized carbons (Fsp3) is 0.211. The quantitative estimate of drug-likeness (QED) is 0.485. The molecule has 0 atom stereocenters. The van der Waals surface area contributed by atoms with E-state index in [2.05, 4.69) is 14.7 Å². The first-order valence-electron chi connectivity index (χ1n) is 7.94. The van der Waals surface area contributed by atoms with Gasteiger partial charge < -0.3 is 18.9 Å². The first kappa shape index (κ1) is 18.5. The topological polar surface area (TPSA) is 79.8 Å². The van der Waals surface area contributed by atoms with Crippen LogP contribution >= 0.6 is 0 Å². The van der Waals surface area contributed by atoms with Crippen LogP contribution in [0.2, 0.25) is 0 Å². The normalized spacial score (nSPS) is 10.7. The average molecular weight is 372 g/mol. The van der Waals surface area contributed by atoms with Crippen molar-refractivity contribution >= 4 is 17.0 Å². The van der Waals surface area contributed by atoms with E-state index in [1.807, 2.05) is 0 Å². The van der Waals surface area contributed by atoms with Crippen LogP contribution in [0.3, 0.4) is 0 Å². The maximum atomic E-state index is 14.9. The first-order chi connectivity index (χ1) is 13.1. The van der Waals surface area contributed by atoms with Crippen LogP contribution in [0.5, 0.6) is 11.6 Å². The monoisotopic (exact) mass is 372 g/mol. The molecule has 0 amide bonds. The summed E-state index contributed by atoms with van der Waals surface area (Å²) in [5.74, 6) is -1.01. The lowest BCUT2D eigenvalue weighted by Gasteiger charge is -2.13. The molecule has 0 fully saturated rings. The number of methoxy groups -OCH3 is 3. The Balaban J connectivity index is 2.23. The second kappa shape index (κ2) is 7.96. The predicted octanol–water partition coefficient (Wildman–Crippen LogP) is 3.21. The van der Waals surface area contributed by atoms with Crippen LogP contribution in [0.15, 0.2) is 36.4 Å². The van der Waals surface area contributed by atoms with E-state index in [4.69, 9.17) is 14.2 Å². The number of carbonyl (C=O) groups is 1. The molecule has 0 saturated heterocycles. The number of ether oxygens (including phenoxy) is 4. The lowest BCUT2D eigenvalue weighted by molar-refractivity contribution is 0.0520. The van der Waals surface area contributed by atoms with Crippen LogP contribution in [0.25, 0.3) is 22.3 Å². The maximum absolute atomic E-state index is 14.9. The van der Waals surface area contributed by atoms with Crippen molar-refractivity contribution in [3.05, 3.63) is 47.8 Å². The Kier molecular flexibility index (Phi) is 5.46. The predicted molar refractivity (Wildman–Crippen MR) is 95.3 cm³/mol. The zero-order valence-electron chi connectivity index (χ0n) is 15.0. The van der Waals surface area contributed by atoms with Crippen molar-refractivity contribution in [1.29, 1.82) is 0 Å². The number of fused-ring (bicyclic) bond motifs is 1.